The Hall–Kier alpha value is -4.15. The number of hydrogen-bond donors (Lipinski definition) is 3. The van der Waals surface area contributed by atoms with Crippen LogP contribution in [0.25, 0.3) is 11.0 Å². The summed E-state index contributed by atoms with van der Waals surface area (Å²) in [6.07, 6.45) is 3.22. The van der Waals surface area contributed by atoms with Gasteiger partial charge in [0.2, 0.25) is 5.95 Å². The number of benzene rings is 2. The second-order valence-electron chi connectivity index (χ2n) is 10.3. The van der Waals surface area contributed by atoms with Crippen LogP contribution in [0.1, 0.15) is 35.3 Å². The third-order valence-corrected chi connectivity index (χ3v) is 6.77. The van der Waals surface area contributed by atoms with Gasteiger partial charge in [0.15, 0.2) is 5.82 Å². The van der Waals surface area contributed by atoms with E-state index in [1.54, 1.807) is 12.3 Å². The number of nitrogens with one attached hydrogen (secondary N) is 2. The zero-order valence-electron chi connectivity index (χ0n) is 22.2. The van der Waals surface area contributed by atoms with Crippen LogP contribution >= 0.6 is 0 Å². The lowest BCUT2D eigenvalue weighted by Crippen LogP contribution is -2.45. The molecule has 2 aromatic carbocycles. The number of piperazine rings is 1. The van der Waals surface area contributed by atoms with Crippen LogP contribution in [0.15, 0.2) is 55.0 Å². The molecule has 1 fully saturated rings. The molecule has 4 aromatic rings. The van der Waals surface area contributed by atoms with Crippen LogP contribution in [0.4, 0.5) is 23.1 Å². The van der Waals surface area contributed by atoms with E-state index in [1.165, 1.54) is 6.33 Å². The van der Waals surface area contributed by atoms with Crippen molar-refractivity contribution in [1.29, 1.82) is 0 Å². The lowest BCUT2D eigenvalue weighted by molar-refractivity contribution is 0.102. The molecule has 0 bridgehead atoms. The maximum Gasteiger partial charge on any atom is 0.255 e. The quantitative estimate of drug-likeness (QED) is 0.355. The molecule has 1 amide bonds. The van der Waals surface area contributed by atoms with Crippen molar-refractivity contribution in [2.24, 2.45) is 5.73 Å². The van der Waals surface area contributed by atoms with Crippen LogP contribution in [0.5, 0.6) is 0 Å². The Labute approximate surface area is 222 Å². The number of amides is 1. The van der Waals surface area contributed by atoms with Crippen LogP contribution < -0.4 is 21.3 Å². The summed E-state index contributed by atoms with van der Waals surface area (Å²) in [7, 11) is 2.11. The van der Waals surface area contributed by atoms with Gasteiger partial charge in [0.25, 0.3) is 5.91 Å². The van der Waals surface area contributed by atoms with Gasteiger partial charge in [-0.15, -0.1) is 0 Å². The lowest BCUT2D eigenvalue weighted by atomic mass is 9.95. The highest BCUT2D eigenvalue weighted by Crippen LogP contribution is 2.27. The smallest absolute Gasteiger partial charge is 0.255 e. The van der Waals surface area contributed by atoms with Crippen molar-refractivity contribution in [3.05, 3.63) is 71.7 Å². The van der Waals surface area contributed by atoms with Gasteiger partial charge in [-0.1, -0.05) is 18.2 Å². The SMILES string of the molecule is Cc1ccc(C(=O)Nc2cccc(C(C)(C)N)c2)cc1Nc1ncnc2cnc(N3CCN(C)CC3)nc12. The Morgan fingerprint density at radius 3 is 2.58 bits per heavy atom. The second-order valence-corrected chi connectivity index (χ2v) is 10.3. The third kappa shape index (κ3) is 5.56. The zero-order valence-corrected chi connectivity index (χ0v) is 22.2. The fourth-order valence-corrected chi connectivity index (χ4v) is 4.32. The molecular weight excluding hydrogens is 478 g/mol. The first-order valence-corrected chi connectivity index (χ1v) is 12.7. The number of aromatic nitrogens is 4. The number of anilines is 4. The molecule has 196 valence electrons. The Morgan fingerprint density at radius 1 is 1.03 bits per heavy atom. The molecule has 0 spiro atoms. The van der Waals surface area contributed by atoms with E-state index in [2.05, 4.69) is 42.4 Å². The van der Waals surface area contributed by atoms with Crippen LogP contribution in [0, 0.1) is 6.92 Å². The van der Waals surface area contributed by atoms with Gasteiger partial charge in [-0.2, -0.15) is 0 Å². The van der Waals surface area contributed by atoms with Crippen molar-refractivity contribution in [2.75, 3.05) is 48.8 Å². The van der Waals surface area contributed by atoms with Gasteiger partial charge in [0.1, 0.15) is 17.4 Å². The van der Waals surface area contributed by atoms with Gasteiger partial charge in [-0.25, -0.2) is 19.9 Å². The van der Waals surface area contributed by atoms with E-state index >= 15 is 0 Å². The van der Waals surface area contributed by atoms with Crippen molar-refractivity contribution in [2.45, 2.75) is 26.3 Å². The number of fused-ring (bicyclic) bond motifs is 1. The van der Waals surface area contributed by atoms with E-state index in [0.717, 1.165) is 43.0 Å². The van der Waals surface area contributed by atoms with Crippen molar-refractivity contribution in [3.63, 3.8) is 0 Å². The van der Waals surface area contributed by atoms with Crippen LogP contribution in [-0.4, -0.2) is 64.0 Å². The van der Waals surface area contributed by atoms with E-state index in [0.29, 0.717) is 34.1 Å². The minimum Gasteiger partial charge on any atom is -0.338 e. The fourth-order valence-electron chi connectivity index (χ4n) is 4.32. The topological polar surface area (TPSA) is 125 Å². The van der Waals surface area contributed by atoms with E-state index in [4.69, 9.17) is 10.7 Å². The van der Waals surface area contributed by atoms with Crippen LogP contribution in [-0.2, 0) is 5.54 Å². The number of nitrogens with zero attached hydrogens (tertiary/aromatic N) is 6. The van der Waals surface area contributed by atoms with Crippen molar-refractivity contribution in [3.8, 4) is 0 Å². The Balaban J connectivity index is 1.40. The standard InChI is InChI=1S/C28H33N9O/c1-18-8-9-19(26(38)33-21-7-5-6-20(15-21)28(2,3)29)14-22(18)34-25-24-23(31-17-32-25)16-30-27(35-24)37-12-10-36(4)11-13-37/h5-9,14-17H,10-13,29H2,1-4H3,(H,33,38)(H,31,32,34). The summed E-state index contributed by atoms with van der Waals surface area (Å²) in [5, 5.41) is 6.36. The van der Waals surface area contributed by atoms with Crippen LogP contribution in [0.3, 0.4) is 0 Å². The molecule has 0 atom stereocenters. The summed E-state index contributed by atoms with van der Waals surface area (Å²) in [5.41, 5.74) is 10.9. The van der Waals surface area contributed by atoms with Crippen molar-refractivity contribution < 1.29 is 4.79 Å². The predicted molar refractivity (Wildman–Crippen MR) is 151 cm³/mol. The number of carbonyl (C=O) groups is 1. The average molecular weight is 512 g/mol. The molecule has 2 aromatic heterocycles. The lowest BCUT2D eigenvalue weighted by Gasteiger charge is -2.32. The molecular formula is C28H33N9O. The molecule has 0 aliphatic carbocycles. The molecule has 10 heteroatoms. The van der Waals surface area contributed by atoms with Gasteiger partial charge in [0.05, 0.1) is 6.20 Å². The first kappa shape index (κ1) is 25.5. The first-order chi connectivity index (χ1) is 18.2. The molecule has 5 rings (SSSR count). The molecule has 1 aliphatic rings. The molecule has 1 aliphatic heterocycles. The highest BCUT2D eigenvalue weighted by molar-refractivity contribution is 6.05. The molecule has 4 N–H and O–H groups in total. The summed E-state index contributed by atoms with van der Waals surface area (Å²) in [5.74, 6) is 1.01. The van der Waals surface area contributed by atoms with E-state index < -0.39 is 5.54 Å². The maximum absolute atomic E-state index is 13.1. The highest BCUT2D eigenvalue weighted by Gasteiger charge is 2.19. The number of hydrogen-bond acceptors (Lipinski definition) is 9. The number of aryl methyl sites for hydroxylation is 1. The molecule has 0 unspecified atom stereocenters. The Bertz CT molecular complexity index is 1470. The number of carbonyl (C=O) groups excluding carboxylic acids is 1. The van der Waals surface area contributed by atoms with Gasteiger partial charge in [-0.3, -0.25) is 4.79 Å². The zero-order chi connectivity index (χ0) is 26.9. The van der Waals surface area contributed by atoms with Gasteiger partial charge in [-0.05, 0) is 63.2 Å². The molecule has 0 radical (unpaired) electrons. The summed E-state index contributed by atoms with van der Waals surface area (Å²) in [6.45, 7) is 9.48. The maximum atomic E-state index is 13.1. The van der Waals surface area contributed by atoms with E-state index in [9.17, 15) is 4.79 Å². The Morgan fingerprint density at radius 2 is 1.82 bits per heavy atom. The van der Waals surface area contributed by atoms with Crippen molar-refractivity contribution >= 4 is 40.1 Å². The minimum absolute atomic E-state index is 0.216. The van der Waals surface area contributed by atoms with Crippen molar-refractivity contribution in [1.82, 2.24) is 24.8 Å². The summed E-state index contributed by atoms with van der Waals surface area (Å²) < 4.78 is 0. The number of nitrogens with two attached hydrogens (primary N) is 1. The number of likely N-dealkylation sites (N-methyl/N-ethyl adjacent to an activating group) is 1. The van der Waals surface area contributed by atoms with Crippen LogP contribution in [0.2, 0.25) is 0 Å². The molecule has 1 saturated heterocycles. The number of rotatable bonds is 6. The molecule has 0 saturated carbocycles. The summed E-state index contributed by atoms with van der Waals surface area (Å²) >= 11 is 0. The van der Waals surface area contributed by atoms with E-state index in [-0.39, 0.29) is 5.91 Å². The van der Waals surface area contributed by atoms with Gasteiger partial charge >= 0.3 is 0 Å². The minimum atomic E-state index is -0.504. The predicted octanol–water partition coefficient (Wildman–Crippen LogP) is 3.67. The van der Waals surface area contributed by atoms with E-state index in [1.807, 2.05) is 57.2 Å². The molecule has 3 heterocycles. The largest absolute Gasteiger partial charge is 0.338 e. The highest BCUT2D eigenvalue weighted by atomic mass is 16.1. The fraction of sp³-hybridized carbons (Fsp3) is 0.321. The van der Waals surface area contributed by atoms with Gasteiger partial charge in [0, 0.05) is 48.7 Å². The summed E-state index contributed by atoms with van der Waals surface area (Å²) in [6, 6.07) is 13.1. The normalized spacial score (nSPS) is 14.5. The van der Waals surface area contributed by atoms with Gasteiger partial charge < -0.3 is 26.2 Å². The monoisotopic (exact) mass is 511 g/mol. The Kier molecular flexibility index (Phi) is 6.92. The second kappa shape index (κ2) is 10.3. The molecule has 10 nitrogen and oxygen atoms in total. The molecule has 38 heavy (non-hydrogen) atoms. The third-order valence-electron chi connectivity index (χ3n) is 6.77. The summed E-state index contributed by atoms with van der Waals surface area (Å²) in [4.78, 5) is 35.7. The average Bonchev–Trinajstić information content (AvgIpc) is 2.90. The first-order valence-electron chi connectivity index (χ1n) is 12.7.